The summed E-state index contributed by atoms with van der Waals surface area (Å²) in [5.74, 6) is 0.812. The van der Waals surface area contributed by atoms with Crippen molar-refractivity contribution in [3.05, 3.63) is 77.3 Å². The molecule has 0 saturated heterocycles. The van der Waals surface area contributed by atoms with Gasteiger partial charge in [-0.3, -0.25) is 4.79 Å². The molecule has 4 aromatic rings. The molecule has 3 aromatic carbocycles. The number of nitrogens with one attached hydrogen (secondary N) is 1. The Morgan fingerprint density at radius 2 is 1.73 bits per heavy atom. The van der Waals surface area contributed by atoms with Crippen LogP contribution < -0.4 is 15.4 Å². The normalized spacial score (nSPS) is 10.7. The maximum atomic E-state index is 12.8. The van der Waals surface area contributed by atoms with E-state index in [-0.39, 0.29) is 5.91 Å². The summed E-state index contributed by atoms with van der Waals surface area (Å²) in [6, 6.07) is 19.2. The number of halogens is 1. The summed E-state index contributed by atoms with van der Waals surface area (Å²) in [5, 5.41) is 0.614. The molecule has 0 radical (unpaired) electrons. The van der Waals surface area contributed by atoms with Crippen LogP contribution in [0, 0.1) is 0 Å². The lowest BCUT2D eigenvalue weighted by molar-refractivity contribution is 0.0993. The van der Waals surface area contributed by atoms with E-state index in [9.17, 15) is 9.59 Å². The third-order valence-corrected chi connectivity index (χ3v) is 4.85. The molecule has 0 bridgehead atoms. The molecule has 0 spiro atoms. The van der Waals surface area contributed by atoms with Crippen LogP contribution in [0.1, 0.15) is 10.4 Å². The van der Waals surface area contributed by atoms with Gasteiger partial charge in [-0.05, 0) is 48.5 Å². The van der Waals surface area contributed by atoms with Crippen molar-refractivity contribution in [2.75, 3.05) is 11.9 Å². The van der Waals surface area contributed by atoms with Gasteiger partial charge in [0.15, 0.2) is 0 Å². The van der Waals surface area contributed by atoms with E-state index in [1.54, 1.807) is 66.5 Å². The van der Waals surface area contributed by atoms with Crippen molar-refractivity contribution in [2.24, 2.45) is 5.73 Å². The molecule has 1 heterocycles. The molecule has 0 saturated carbocycles. The van der Waals surface area contributed by atoms with Gasteiger partial charge in [-0.15, -0.1) is 0 Å². The number of nitrogens with zero attached hydrogens (tertiary/aromatic N) is 2. The Kier molecular flexibility index (Phi) is 5.12. The van der Waals surface area contributed by atoms with Gasteiger partial charge in [-0.1, -0.05) is 23.7 Å². The van der Waals surface area contributed by atoms with E-state index < -0.39 is 6.09 Å². The number of imidazole rings is 1. The number of nitrogens with two attached hydrogens (primary N) is 1. The quantitative estimate of drug-likeness (QED) is 0.503. The maximum absolute atomic E-state index is 12.8. The van der Waals surface area contributed by atoms with Gasteiger partial charge >= 0.3 is 6.09 Å². The fourth-order valence-electron chi connectivity index (χ4n) is 3.05. The Morgan fingerprint density at radius 3 is 2.40 bits per heavy atom. The van der Waals surface area contributed by atoms with Crippen molar-refractivity contribution in [3.63, 3.8) is 0 Å². The Balaban J connectivity index is 1.56. The third kappa shape index (κ3) is 3.97. The minimum atomic E-state index is -0.881. The summed E-state index contributed by atoms with van der Waals surface area (Å²) >= 11 is 5.91. The van der Waals surface area contributed by atoms with Gasteiger partial charge in [0, 0.05) is 35.0 Å². The van der Waals surface area contributed by atoms with E-state index in [0.717, 1.165) is 16.8 Å². The zero-order valence-electron chi connectivity index (χ0n) is 15.9. The van der Waals surface area contributed by atoms with Crippen LogP contribution in [0.15, 0.2) is 66.7 Å². The van der Waals surface area contributed by atoms with Crippen LogP contribution in [0.25, 0.3) is 22.4 Å². The van der Waals surface area contributed by atoms with Crippen molar-refractivity contribution in [1.82, 2.24) is 9.97 Å². The monoisotopic (exact) mass is 420 g/mol. The minimum Gasteiger partial charge on any atom is -0.410 e. The lowest BCUT2D eigenvalue weighted by Crippen LogP contribution is -2.26. The lowest BCUT2D eigenvalue weighted by Gasteiger charge is -2.17. The molecule has 0 aliphatic heterocycles. The largest absolute Gasteiger partial charge is 0.410 e. The SMILES string of the molecule is CN(C(=O)c1ccc(-c2nc3cc(OC(N)=O)ccc3[nH]2)cc1)c1ccc(Cl)cc1. The predicted octanol–water partition coefficient (Wildman–Crippen LogP) is 4.62. The maximum Gasteiger partial charge on any atom is 0.409 e. The summed E-state index contributed by atoms with van der Waals surface area (Å²) in [6.07, 6.45) is -0.881. The van der Waals surface area contributed by atoms with Crippen molar-refractivity contribution in [1.29, 1.82) is 0 Å². The van der Waals surface area contributed by atoms with Crippen LogP contribution in [0.5, 0.6) is 5.75 Å². The number of aromatic amines is 1. The molecule has 0 fully saturated rings. The number of anilines is 1. The fourth-order valence-corrected chi connectivity index (χ4v) is 3.17. The van der Waals surface area contributed by atoms with Crippen molar-refractivity contribution in [3.8, 4) is 17.1 Å². The van der Waals surface area contributed by atoms with Crippen LogP contribution in [0.4, 0.5) is 10.5 Å². The minimum absolute atomic E-state index is 0.137. The summed E-state index contributed by atoms with van der Waals surface area (Å²) in [5.41, 5.74) is 8.56. The van der Waals surface area contributed by atoms with Gasteiger partial charge in [0.25, 0.3) is 5.91 Å². The molecule has 2 amide bonds. The van der Waals surface area contributed by atoms with Crippen LogP contribution in [0.2, 0.25) is 5.02 Å². The van der Waals surface area contributed by atoms with Crippen LogP contribution in [0.3, 0.4) is 0 Å². The number of hydrogen-bond donors (Lipinski definition) is 2. The molecule has 8 heteroatoms. The van der Waals surface area contributed by atoms with E-state index in [1.807, 2.05) is 12.1 Å². The average Bonchev–Trinajstić information content (AvgIpc) is 3.16. The summed E-state index contributed by atoms with van der Waals surface area (Å²) in [7, 11) is 1.71. The van der Waals surface area contributed by atoms with Gasteiger partial charge in [0.05, 0.1) is 11.0 Å². The molecule has 0 aliphatic rings. The van der Waals surface area contributed by atoms with E-state index in [1.165, 1.54) is 0 Å². The smallest absolute Gasteiger partial charge is 0.409 e. The van der Waals surface area contributed by atoms with Crippen LogP contribution >= 0.6 is 11.6 Å². The van der Waals surface area contributed by atoms with Gasteiger partial charge in [-0.2, -0.15) is 0 Å². The number of ether oxygens (including phenoxy) is 1. The van der Waals surface area contributed by atoms with E-state index in [2.05, 4.69) is 9.97 Å². The number of fused-ring (bicyclic) bond motifs is 1. The molecule has 0 unspecified atom stereocenters. The summed E-state index contributed by atoms with van der Waals surface area (Å²) in [6.45, 7) is 0. The molecule has 30 heavy (non-hydrogen) atoms. The molecule has 150 valence electrons. The zero-order chi connectivity index (χ0) is 21.3. The molecule has 0 aliphatic carbocycles. The number of hydrogen-bond acceptors (Lipinski definition) is 4. The van der Waals surface area contributed by atoms with Crippen molar-refractivity contribution in [2.45, 2.75) is 0 Å². The van der Waals surface area contributed by atoms with Gasteiger partial charge < -0.3 is 20.4 Å². The second-order valence-corrected chi connectivity index (χ2v) is 7.04. The highest BCUT2D eigenvalue weighted by Crippen LogP contribution is 2.25. The first-order valence-corrected chi connectivity index (χ1v) is 9.39. The number of H-pyrrole nitrogens is 1. The number of amides is 2. The number of carbonyl (C=O) groups is 2. The van der Waals surface area contributed by atoms with Gasteiger partial charge in [0.1, 0.15) is 11.6 Å². The highest BCUT2D eigenvalue weighted by molar-refractivity contribution is 6.30. The Morgan fingerprint density at radius 1 is 1.03 bits per heavy atom. The number of carbonyl (C=O) groups excluding carboxylic acids is 2. The van der Waals surface area contributed by atoms with Gasteiger partial charge in [-0.25, -0.2) is 9.78 Å². The standard InChI is InChI=1S/C22H17ClN4O3/c1-27(16-8-6-15(23)7-9-16)21(28)14-4-2-13(3-5-14)20-25-18-11-10-17(30-22(24)29)12-19(18)26-20/h2-12H,1H3,(H2,24,29)(H,25,26). The fraction of sp³-hybridized carbons (Fsp3) is 0.0455. The van der Waals surface area contributed by atoms with E-state index >= 15 is 0 Å². The van der Waals surface area contributed by atoms with Gasteiger partial charge in [0.2, 0.25) is 0 Å². The predicted molar refractivity (Wildman–Crippen MR) is 116 cm³/mol. The molecular weight excluding hydrogens is 404 g/mol. The molecule has 3 N–H and O–H groups in total. The molecule has 4 rings (SSSR count). The average molecular weight is 421 g/mol. The van der Waals surface area contributed by atoms with Crippen LogP contribution in [-0.2, 0) is 0 Å². The zero-order valence-corrected chi connectivity index (χ0v) is 16.7. The van der Waals surface area contributed by atoms with E-state index in [0.29, 0.717) is 27.7 Å². The highest BCUT2D eigenvalue weighted by atomic mass is 35.5. The molecular formula is C22H17ClN4O3. The first kappa shape index (κ1) is 19.5. The second kappa shape index (κ2) is 7.88. The number of benzene rings is 3. The first-order valence-electron chi connectivity index (χ1n) is 9.02. The van der Waals surface area contributed by atoms with Crippen molar-refractivity contribution >= 4 is 40.3 Å². The lowest BCUT2D eigenvalue weighted by atomic mass is 10.1. The molecule has 7 nitrogen and oxygen atoms in total. The number of aromatic nitrogens is 2. The number of primary amides is 1. The second-order valence-electron chi connectivity index (χ2n) is 6.60. The third-order valence-electron chi connectivity index (χ3n) is 4.60. The van der Waals surface area contributed by atoms with E-state index in [4.69, 9.17) is 22.1 Å². The van der Waals surface area contributed by atoms with Crippen molar-refractivity contribution < 1.29 is 14.3 Å². The highest BCUT2D eigenvalue weighted by Gasteiger charge is 2.14. The Labute approximate surface area is 177 Å². The Bertz CT molecular complexity index is 1230. The number of rotatable bonds is 4. The Hall–Kier alpha value is -3.84. The first-order chi connectivity index (χ1) is 14.4. The van der Waals surface area contributed by atoms with Crippen LogP contribution in [-0.4, -0.2) is 29.0 Å². The molecule has 0 atom stereocenters. The topological polar surface area (TPSA) is 101 Å². The molecule has 1 aromatic heterocycles. The summed E-state index contributed by atoms with van der Waals surface area (Å²) < 4.78 is 4.88. The summed E-state index contributed by atoms with van der Waals surface area (Å²) in [4.78, 5) is 33.0.